The van der Waals surface area contributed by atoms with Crippen LogP contribution in [-0.4, -0.2) is 12.5 Å². The largest absolute Gasteiger partial charge is 0.328 e. The Balaban J connectivity index is 2.34. The maximum Gasteiger partial charge on any atom is 0.241 e. The summed E-state index contributed by atoms with van der Waals surface area (Å²) in [5, 5.41) is 0. The molecule has 1 saturated carbocycles. The Kier molecular flexibility index (Phi) is 3.44. The molecule has 0 bridgehead atoms. The van der Waals surface area contributed by atoms with Crippen molar-refractivity contribution in [2.45, 2.75) is 45.1 Å². The minimum Gasteiger partial charge on any atom is -0.328 e. The smallest absolute Gasteiger partial charge is 0.241 e. The highest BCUT2D eigenvalue weighted by Gasteiger charge is 2.28. The standard InChI is InChI=1S/C9H17F2N/c1-6(9(10)11)7-2-4-8(12)5-3-7/h6-9H,2-5,12H2,1H3. The molecule has 0 aliphatic heterocycles. The summed E-state index contributed by atoms with van der Waals surface area (Å²) < 4.78 is 24.6. The first-order valence-electron chi connectivity index (χ1n) is 4.65. The van der Waals surface area contributed by atoms with Crippen molar-refractivity contribution >= 4 is 0 Å². The van der Waals surface area contributed by atoms with Crippen LogP contribution >= 0.6 is 0 Å². The zero-order chi connectivity index (χ0) is 9.14. The monoisotopic (exact) mass is 177 g/mol. The molecule has 1 unspecified atom stereocenters. The Morgan fingerprint density at radius 2 is 1.67 bits per heavy atom. The van der Waals surface area contributed by atoms with Crippen molar-refractivity contribution in [3.63, 3.8) is 0 Å². The van der Waals surface area contributed by atoms with Gasteiger partial charge >= 0.3 is 0 Å². The maximum absolute atomic E-state index is 12.3. The third kappa shape index (κ3) is 2.41. The fraction of sp³-hybridized carbons (Fsp3) is 1.00. The van der Waals surface area contributed by atoms with Gasteiger partial charge in [-0.3, -0.25) is 0 Å². The lowest BCUT2D eigenvalue weighted by Gasteiger charge is -2.30. The SMILES string of the molecule is CC(C(F)F)C1CCC(N)CC1. The molecular weight excluding hydrogens is 160 g/mol. The molecule has 3 heteroatoms. The third-order valence-electron chi connectivity index (χ3n) is 2.96. The van der Waals surface area contributed by atoms with Crippen molar-refractivity contribution in [2.24, 2.45) is 17.6 Å². The first-order chi connectivity index (χ1) is 5.61. The first kappa shape index (κ1) is 9.90. The second kappa shape index (κ2) is 4.17. The maximum atomic E-state index is 12.3. The minimum absolute atomic E-state index is 0.199. The molecule has 0 aromatic carbocycles. The quantitative estimate of drug-likeness (QED) is 0.688. The van der Waals surface area contributed by atoms with E-state index in [-0.39, 0.29) is 12.0 Å². The summed E-state index contributed by atoms with van der Waals surface area (Å²) in [6, 6.07) is 0.256. The van der Waals surface area contributed by atoms with E-state index in [9.17, 15) is 8.78 Å². The highest BCUT2D eigenvalue weighted by molar-refractivity contribution is 4.78. The summed E-state index contributed by atoms with van der Waals surface area (Å²) in [5.74, 6) is -0.248. The molecule has 0 radical (unpaired) electrons. The molecule has 1 atom stereocenters. The first-order valence-corrected chi connectivity index (χ1v) is 4.65. The topological polar surface area (TPSA) is 26.0 Å². The van der Waals surface area contributed by atoms with Gasteiger partial charge in [-0.15, -0.1) is 0 Å². The van der Waals surface area contributed by atoms with Gasteiger partial charge in [-0.2, -0.15) is 0 Å². The second-order valence-corrected chi connectivity index (χ2v) is 3.87. The molecule has 0 amide bonds. The van der Waals surface area contributed by atoms with Crippen LogP contribution < -0.4 is 5.73 Å². The molecule has 12 heavy (non-hydrogen) atoms. The van der Waals surface area contributed by atoms with Crippen LogP contribution in [0, 0.1) is 11.8 Å². The fourth-order valence-corrected chi connectivity index (χ4v) is 1.88. The van der Waals surface area contributed by atoms with Crippen molar-refractivity contribution in [2.75, 3.05) is 0 Å². The van der Waals surface area contributed by atoms with Crippen LogP contribution in [0.1, 0.15) is 32.6 Å². The molecule has 1 fully saturated rings. The molecule has 0 aromatic heterocycles. The van der Waals surface area contributed by atoms with Gasteiger partial charge in [0.05, 0.1) is 0 Å². The van der Waals surface area contributed by atoms with Crippen molar-refractivity contribution in [3.8, 4) is 0 Å². The zero-order valence-electron chi connectivity index (χ0n) is 7.47. The van der Waals surface area contributed by atoms with E-state index in [0.29, 0.717) is 0 Å². The molecule has 0 heterocycles. The van der Waals surface area contributed by atoms with Gasteiger partial charge in [0, 0.05) is 12.0 Å². The summed E-state index contributed by atoms with van der Waals surface area (Å²) in [6.07, 6.45) is 1.44. The number of hydrogen-bond acceptors (Lipinski definition) is 1. The predicted molar refractivity (Wildman–Crippen MR) is 45.1 cm³/mol. The Bertz CT molecular complexity index is 130. The number of hydrogen-bond donors (Lipinski definition) is 1. The third-order valence-corrected chi connectivity index (χ3v) is 2.96. The van der Waals surface area contributed by atoms with Crippen LogP contribution in [0.25, 0.3) is 0 Å². The predicted octanol–water partition coefficient (Wildman–Crippen LogP) is 2.41. The van der Waals surface area contributed by atoms with Crippen molar-refractivity contribution in [1.82, 2.24) is 0 Å². The van der Waals surface area contributed by atoms with E-state index in [1.807, 2.05) is 0 Å². The highest BCUT2D eigenvalue weighted by Crippen LogP contribution is 2.32. The molecule has 1 aliphatic carbocycles. The van der Waals surface area contributed by atoms with E-state index in [1.165, 1.54) is 0 Å². The second-order valence-electron chi connectivity index (χ2n) is 3.87. The average Bonchev–Trinajstić information content (AvgIpc) is 2.04. The summed E-state index contributed by atoms with van der Waals surface area (Å²) in [6.45, 7) is 1.65. The fourth-order valence-electron chi connectivity index (χ4n) is 1.88. The number of alkyl halides is 2. The van der Waals surface area contributed by atoms with E-state index in [1.54, 1.807) is 6.92 Å². The Hall–Kier alpha value is -0.180. The van der Waals surface area contributed by atoms with Crippen LogP contribution in [0.4, 0.5) is 8.78 Å². The molecule has 0 aromatic rings. The van der Waals surface area contributed by atoms with Gasteiger partial charge in [-0.05, 0) is 31.6 Å². The normalized spacial score (nSPS) is 33.8. The highest BCUT2D eigenvalue weighted by atomic mass is 19.3. The molecular formula is C9H17F2N. The molecule has 0 saturated heterocycles. The minimum atomic E-state index is -2.16. The Morgan fingerprint density at radius 1 is 1.17 bits per heavy atom. The molecule has 1 aliphatic rings. The van der Waals surface area contributed by atoms with Gasteiger partial charge in [0.25, 0.3) is 0 Å². The van der Waals surface area contributed by atoms with Gasteiger partial charge in [0.15, 0.2) is 0 Å². The van der Waals surface area contributed by atoms with Gasteiger partial charge in [-0.1, -0.05) is 6.92 Å². The lowest BCUT2D eigenvalue weighted by Crippen LogP contribution is -2.30. The molecule has 1 nitrogen and oxygen atoms in total. The van der Waals surface area contributed by atoms with Gasteiger partial charge in [-0.25, -0.2) is 8.78 Å². The number of nitrogens with two attached hydrogens (primary N) is 1. The van der Waals surface area contributed by atoms with E-state index >= 15 is 0 Å². The number of rotatable bonds is 2. The van der Waals surface area contributed by atoms with Gasteiger partial charge < -0.3 is 5.73 Å². The number of halogens is 2. The molecule has 72 valence electrons. The summed E-state index contributed by atoms with van der Waals surface area (Å²) >= 11 is 0. The van der Waals surface area contributed by atoms with E-state index < -0.39 is 12.3 Å². The van der Waals surface area contributed by atoms with Crippen molar-refractivity contribution < 1.29 is 8.78 Å². The van der Waals surface area contributed by atoms with E-state index in [4.69, 9.17) is 5.73 Å². The zero-order valence-corrected chi connectivity index (χ0v) is 7.47. The Morgan fingerprint density at radius 3 is 2.08 bits per heavy atom. The lowest BCUT2D eigenvalue weighted by molar-refractivity contribution is 0.0404. The van der Waals surface area contributed by atoms with Gasteiger partial charge in [0.1, 0.15) is 0 Å². The molecule has 0 spiro atoms. The van der Waals surface area contributed by atoms with E-state index in [0.717, 1.165) is 25.7 Å². The van der Waals surface area contributed by atoms with Gasteiger partial charge in [0.2, 0.25) is 6.43 Å². The van der Waals surface area contributed by atoms with Crippen LogP contribution in [0.2, 0.25) is 0 Å². The average molecular weight is 177 g/mol. The molecule has 2 N–H and O–H groups in total. The molecule has 1 rings (SSSR count). The summed E-state index contributed by atoms with van der Waals surface area (Å²) in [7, 11) is 0. The summed E-state index contributed by atoms with van der Waals surface area (Å²) in [4.78, 5) is 0. The van der Waals surface area contributed by atoms with Crippen LogP contribution in [-0.2, 0) is 0 Å². The van der Waals surface area contributed by atoms with Crippen molar-refractivity contribution in [1.29, 1.82) is 0 Å². The lowest BCUT2D eigenvalue weighted by atomic mass is 9.79. The van der Waals surface area contributed by atoms with Crippen LogP contribution in [0.3, 0.4) is 0 Å². The van der Waals surface area contributed by atoms with Crippen LogP contribution in [0.5, 0.6) is 0 Å². The van der Waals surface area contributed by atoms with Crippen LogP contribution in [0.15, 0.2) is 0 Å². The summed E-state index contributed by atoms with van der Waals surface area (Å²) in [5.41, 5.74) is 5.69. The van der Waals surface area contributed by atoms with E-state index in [2.05, 4.69) is 0 Å². The van der Waals surface area contributed by atoms with Crippen molar-refractivity contribution in [3.05, 3.63) is 0 Å². The Labute approximate surface area is 72.3 Å².